The molecule has 102 valence electrons. The predicted octanol–water partition coefficient (Wildman–Crippen LogP) is 3.21. The molecule has 0 aromatic heterocycles. The van der Waals surface area contributed by atoms with Crippen molar-refractivity contribution in [1.82, 2.24) is 0 Å². The molecule has 1 saturated carbocycles. The number of hydrogen-bond acceptors (Lipinski definition) is 2. The maximum absolute atomic E-state index is 13.5. The first-order valence-corrected chi connectivity index (χ1v) is 6.54. The van der Waals surface area contributed by atoms with Crippen LogP contribution in [0.15, 0.2) is 18.2 Å². The summed E-state index contributed by atoms with van der Waals surface area (Å²) in [5.41, 5.74) is 0.760. The standard InChI is InChI=1S/C15H17FO3/c1-9-6-7-10(8-13(9)16)14(17)11-4-2-3-5-12(11)15(18)19/h6-8,11-12H,2-5H2,1H3,(H,18,19)/t11-,12+/m0/s1. The van der Waals surface area contributed by atoms with Crippen molar-refractivity contribution in [3.63, 3.8) is 0 Å². The van der Waals surface area contributed by atoms with Gasteiger partial charge in [0.15, 0.2) is 5.78 Å². The number of carboxylic acid groups (broad SMARTS) is 1. The molecular formula is C15H17FO3. The van der Waals surface area contributed by atoms with Crippen molar-refractivity contribution in [3.05, 3.63) is 35.1 Å². The Morgan fingerprint density at radius 2 is 1.84 bits per heavy atom. The van der Waals surface area contributed by atoms with E-state index >= 15 is 0 Å². The minimum absolute atomic E-state index is 0.244. The maximum atomic E-state index is 13.5. The Kier molecular flexibility index (Phi) is 3.98. The van der Waals surface area contributed by atoms with Crippen molar-refractivity contribution in [1.29, 1.82) is 0 Å². The van der Waals surface area contributed by atoms with Crippen LogP contribution < -0.4 is 0 Å². The second-order valence-electron chi connectivity index (χ2n) is 5.16. The molecule has 0 bridgehead atoms. The molecule has 0 heterocycles. The van der Waals surface area contributed by atoms with E-state index in [-0.39, 0.29) is 11.3 Å². The Hall–Kier alpha value is -1.71. The zero-order valence-electron chi connectivity index (χ0n) is 10.9. The van der Waals surface area contributed by atoms with Crippen LogP contribution in [-0.2, 0) is 4.79 Å². The van der Waals surface area contributed by atoms with Crippen LogP contribution in [0.4, 0.5) is 4.39 Å². The van der Waals surface area contributed by atoms with E-state index in [4.69, 9.17) is 0 Å². The lowest BCUT2D eigenvalue weighted by molar-refractivity contribution is -0.144. The smallest absolute Gasteiger partial charge is 0.307 e. The van der Waals surface area contributed by atoms with Crippen LogP contribution in [0.2, 0.25) is 0 Å². The van der Waals surface area contributed by atoms with Gasteiger partial charge in [0.05, 0.1) is 5.92 Å². The Balaban J connectivity index is 2.26. The van der Waals surface area contributed by atoms with Crippen molar-refractivity contribution >= 4 is 11.8 Å². The van der Waals surface area contributed by atoms with E-state index in [1.807, 2.05) is 0 Å². The highest BCUT2D eigenvalue weighted by Crippen LogP contribution is 2.33. The van der Waals surface area contributed by atoms with E-state index in [1.165, 1.54) is 6.07 Å². The average molecular weight is 264 g/mol. The molecule has 0 radical (unpaired) electrons. The molecule has 0 saturated heterocycles. The van der Waals surface area contributed by atoms with Crippen LogP contribution in [0.1, 0.15) is 41.6 Å². The van der Waals surface area contributed by atoms with E-state index in [0.29, 0.717) is 18.4 Å². The first kappa shape index (κ1) is 13.7. The number of ketones is 1. The van der Waals surface area contributed by atoms with E-state index in [0.717, 1.165) is 12.8 Å². The fourth-order valence-electron chi connectivity index (χ4n) is 2.70. The van der Waals surface area contributed by atoms with Crippen LogP contribution in [0.5, 0.6) is 0 Å². The topological polar surface area (TPSA) is 54.4 Å². The summed E-state index contributed by atoms with van der Waals surface area (Å²) in [5.74, 6) is -2.75. The lowest BCUT2D eigenvalue weighted by atomic mass is 9.75. The minimum Gasteiger partial charge on any atom is -0.481 e. The van der Waals surface area contributed by atoms with Crippen molar-refractivity contribution in [2.75, 3.05) is 0 Å². The molecule has 1 aromatic carbocycles. The van der Waals surface area contributed by atoms with Gasteiger partial charge in [-0.3, -0.25) is 9.59 Å². The van der Waals surface area contributed by atoms with Crippen molar-refractivity contribution < 1.29 is 19.1 Å². The van der Waals surface area contributed by atoms with E-state index in [1.54, 1.807) is 19.1 Å². The van der Waals surface area contributed by atoms with E-state index in [9.17, 15) is 19.1 Å². The number of halogens is 1. The SMILES string of the molecule is Cc1ccc(C(=O)[C@H]2CCCC[C@H]2C(=O)O)cc1F. The summed E-state index contributed by atoms with van der Waals surface area (Å²) < 4.78 is 13.5. The molecule has 1 N–H and O–H groups in total. The van der Waals surface area contributed by atoms with Gasteiger partial charge in [-0.25, -0.2) is 4.39 Å². The highest BCUT2D eigenvalue weighted by molar-refractivity contribution is 6.00. The lowest BCUT2D eigenvalue weighted by Gasteiger charge is -2.27. The summed E-state index contributed by atoms with van der Waals surface area (Å²) in [6.07, 6.45) is 2.79. The Morgan fingerprint density at radius 3 is 2.42 bits per heavy atom. The van der Waals surface area contributed by atoms with Crippen molar-refractivity contribution in [3.8, 4) is 0 Å². The fraction of sp³-hybridized carbons (Fsp3) is 0.467. The predicted molar refractivity (Wildman–Crippen MR) is 68.6 cm³/mol. The summed E-state index contributed by atoms with van der Waals surface area (Å²) in [6, 6.07) is 4.35. The molecule has 1 aromatic rings. The zero-order chi connectivity index (χ0) is 14.0. The second-order valence-corrected chi connectivity index (χ2v) is 5.16. The first-order chi connectivity index (χ1) is 9.00. The molecule has 3 nitrogen and oxygen atoms in total. The van der Waals surface area contributed by atoms with Gasteiger partial charge < -0.3 is 5.11 Å². The summed E-state index contributed by atoms with van der Waals surface area (Å²) in [4.78, 5) is 23.5. The molecular weight excluding hydrogens is 247 g/mol. The molecule has 2 rings (SSSR count). The Labute approximate surface area is 111 Å². The Bertz CT molecular complexity index is 510. The third-order valence-corrected chi connectivity index (χ3v) is 3.88. The third kappa shape index (κ3) is 2.83. The quantitative estimate of drug-likeness (QED) is 0.853. The molecule has 19 heavy (non-hydrogen) atoms. The largest absolute Gasteiger partial charge is 0.481 e. The second kappa shape index (κ2) is 5.51. The number of carbonyl (C=O) groups is 2. The fourth-order valence-corrected chi connectivity index (χ4v) is 2.70. The number of rotatable bonds is 3. The van der Waals surface area contributed by atoms with Gasteiger partial charge in [-0.1, -0.05) is 25.0 Å². The van der Waals surface area contributed by atoms with Gasteiger partial charge in [0.2, 0.25) is 0 Å². The number of carboxylic acids is 1. The number of Topliss-reactive ketones (excluding diaryl/α,β-unsaturated/α-hetero) is 1. The van der Waals surface area contributed by atoms with Gasteiger partial charge in [0.25, 0.3) is 0 Å². The Morgan fingerprint density at radius 1 is 1.21 bits per heavy atom. The van der Waals surface area contributed by atoms with Gasteiger partial charge >= 0.3 is 5.97 Å². The van der Waals surface area contributed by atoms with Crippen LogP contribution in [-0.4, -0.2) is 16.9 Å². The molecule has 1 aliphatic rings. The van der Waals surface area contributed by atoms with Gasteiger partial charge in [0, 0.05) is 11.5 Å². The number of aliphatic carboxylic acids is 1. The molecule has 0 unspecified atom stereocenters. The number of carbonyl (C=O) groups excluding carboxylic acids is 1. The molecule has 1 fully saturated rings. The highest BCUT2D eigenvalue weighted by Gasteiger charge is 2.36. The van der Waals surface area contributed by atoms with Gasteiger partial charge in [-0.15, -0.1) is 0 Å². The maximum Gasteiger partial charge on any atom is 0.307 e. The first-order valence-electron chi connectivity index (χ1n) is 6.54. The summed E-state index contributed by atoms with van der Waals surface area (Å²) in [7, 11) is 0. The number of benzene rings is 1. The molecule has 2 atom stereocenters. The van der Waals surface area contributed by atoms with Gasteiger partial charge in [0.1, 0.15) is 5.82 Å². The number of aryl methyl sites for hydroxylation is 1. The van der Waals surface area contributed by atoms with Crippen LogP contribution in [0.25, 0.3) is 0 Å². The van der Waals surface area contributed by atoms with Gasteiger partial charge in [-0.2, -0.15) is 0 Å². The highest BCUT2D eigenvalue weighted by atomic mass is 19.1. The van der Waals surface area contributed by atoms with Gasteiger partial charge in [-0.05, 0) is 31.4 Å². The van der Waals surface area contributed by atoms with Crippen molar-refractivity contribution in [2.24, 2.45) is 11.8 Å². The minimum atomic E-state index is -0.925. The van der Waals surface area contributed by atoms with Crippen LogP contribution in [0, 0.1) is 24.6 Å². The molecule has 4 heteroatoms. The summed E-state index contributed by atoms with van der Waals surface area (Å²) in [6.45, 7) is 1.63. The van der Waals surface area contributed by atoms with E-state index < -0.39 is 23.6 Å². The number of hydrogen-bond donors (Lipinski definition) is 1. The zero-order valence-corrected chi connectivity index (χ0v) is 10.9. The molecule has 0 aliphatic heterocycles. The summed E-state index contributed by atoms with van der Waals surface area (Å²) in [5, 5.41) is 9.18. The lowest BCUT2D eigenvalue weighted by Crippen LogP contribution is -2.32. The molecule has 1 aliphatic carbocycles. The molecule has 0 spiro atoms. The molecule has 0 amide bonds. The van der Waals surface area contributed by atoms with Crippen molar-refractivity contribution in [2.45, 2.75) is 32.6 Å². The van der Waals surface area contributed by atoms with Crippen LogP contribution in [0.3, 0.4) is 0 Å². The normalized spacial score (nSPS) is 23.1. The average Bonchev–Trinajstić information content (AvgIpc) is 2.41. The van der Waals surface area contributed by atoms with Crippen LogP contribution >= 0.6 is 0 Å². The third-order valence-electron chi connectivity index (χ3n) is 3.88. The van der Waals surface area contributed by atoms with E-state index in [2.05, 4.69) is 0 Å². The summed E-state index contributed by atoms with van der Waals surface area (Å²) >= 11 is 0. The monoisotopic (exact) mass is 264 g/mol.